The Labute approximate surface area is 139 Å². The first-order chi connectivity index (χ1) is 11.8. The molecule has 0 atom stereocenters. The second kappa shape index (κ2) is 5.92. The zero-order valence-electron chi connectivity index (χ0n) is 13.2. The highest BCUT2D eigenvalue weighted by atomic mass is 16.2. The predicted octanol–water partition coefficient (Wildman–Crippen LogP) is 3.11. The van der Waals surface area contributed by atoms with Crippen LogP contribution in [0.3, 0.4) is 0 Å². The molecule has 0 unspecified atom stereocenters. The minimum Gasteiger partial charge on any atom is -0.331 e. The van der Waals surface area contributed by atoms with Gasteiger partial charge in [-0.3, -0.25) is 14.5 Å². The van der Waals surface area contributed by atoms with E-state index in [-0.39, 0.29) is 11.8 Å². The number of amides is 2. The lowest BCUT2D eigenvalue weighted by molar-refractivity contribution is 0.0651. The zero-order valence-corrected chi connectivity index (χ0v) is 13.2. The number of carbonyl (C=O) groups is 2. The topological polar surface area (TPSA) is 55.2 Å². The Balaban J connectivity index is 1.37. The highest BCUT2D eigenvalue weighted by Gasteiger charge is 2.34. The second-order valence-corrected chi connectivity index (χ2v) is 5.94. The fraction of sp³-hybridized carbons (Fsp3) is 0.211. The van der Waals surface area contributed by atoms with Gasteiger partial charge in [-0.25, -0.2) is 4.98 Å². The quantitative estimate of drug-likeness (QED) is 0.536. The van der Waals surface area contributed by atoms with Gasteiger partial charge in [0.15, 0.2) is 0 Å². The molecule has 2 heterocycles. The Morgan fingerprint density at radius 1 is 0.792 bits per heavy atom. The standard InChI is InChI=1S/C19H17N3O2/c23-18-14-7-1-2-8-15(14)19(24)22(18)12-6-5-11-21-13-20-16-9-3-4-10-17(16)21/h1-4,7-10,13H,5-6,11-12H2. The number of nitrogens with zero attached hydrogens (tertiary/aromatic N) is 3. The number of aromatic nitrogens is 2. The van der Waals surface area contributed by atoms with E-state index in [0.29, 0.717) is 17.7 Å². The lowest BCUT2D eigenvalue weighted by Crippen LogP contribution is -2.30. The first kappa shape index (κ1) is 14.6. The number of carbonyl (C=O) groups excluding carboxylic acids is 2. The van der Waals surface area contributed by atoms with E-state index in [0.717, 1.165) is 30.4 Å². The average Bonchev–Trinajstić information content (AvgIpc) is 3.13. The van der Waals surface area contributed by atoms with Crippen molar-refractivity contribution in [2.45, 2.75) is 19.4 Å². The van der Waals surface area contributed by atoms with Gasteiger partial charge in [0.25, 0.3) is 11.8 Å². The molecule has 1 aliphatic rings. The van der Waals surface area contributed by atoms with Crippen LogP contribution in [0.4, 0.5) is 0 Å². The summed E-state index contributed by atoms with van der Waals surface area (Å²) in [6.07, 6.45) is 3.50. The van der Waals surface area contributed by atoms with Crippen molar-refractivity contribution in [3.05, 3.63) is 66.0 Å². The highest BCUT2D eigenvalue weighted by Crippen LogP contribution is 2.22. The van der Waals surface area contributed by atoms with Crippen LogP contribution in [0.1, 0.15) is 33.6 Å². The molecule has 5 heteroatoms. The fourth-order valence-electron chi connectivity index (χ4n) is 3.18. The summed E-state index contributed by atoms with van der Waals surface area (Å²) in [5.41, 5.74) is 3.13. The van der Waals surface area contributed by atoms with Crippen LogP contribution in [-0.2, 0) is 6.54 Å². The lowest BCUT2D eigenvalue weighted by atomic mass is 10.1. The Hall–Kier alpha value is -2.95. The summed E-state index contributed by atoms with van der Waals surface area (Å²) in [4.78, 5) is 30.3. The summed E-state index contributed by atoms with van der Waals surface area (Å²) in [5, 5.41) is 0. The monoisotopic (exact) mass is 319 g/mol. The van der Waals surface area contributed by atoms with Crippen LogP contribution in [0.25, 0.3) is 11.0 Å². The molecule has 0 N–H and O–H groups in total. The maximum atomic E-state index is 12.3. The maximum absolute atomic E-state index is 12.3. The van der Waals surface area contributed by atoms with E-state index in [9.17, 15) is 9.59 Å². The van der Waals surface area contributed by atoms with E-state index < -0.39 is 0 Å². The molecular formula is C19H17N3O2. The van der Waals surface area contributed by atoms with Crippen LogP contribution in [0.5, 0.6) is 0 Å². The third-order valence-electron chi connectivity index (χ3n) is 4.44. The molecule has 1 aromatic heterocycles. The van der Waals surface area contributed by atoms with E-state index in [1.54, 1.807) is 24.3 Å². The molecule has 0 saturated heterocycles. The van der Waals surface area contributed by atoms with Crippen molar-refractivity contribution in [1.82, 2.24) is 14.5 Å². The molecule has 24 heavy (non-hydrogen) atoms. The Morgan fingerprint density at radius 3 is 2.17 bits per heavy atom. The molecule has 1 aliphatic heterocycles. The average molecular weight is 319 g/mol. The van der Waals surface area contributed by atoms with Gasteiger partial charge < -0.3 is 4.57 Å². The van der Waals surface area contributed by atoms with Crippen molar-refractivity contribution in [3.8, 4) is 0 Å². The molecule has 2 amide bonds. The number of aryl methyl sites for hydroxylation is 1. The largest absolute Gasteiger partial charge is 0.331 e. The van der Waals surface area contributed by atoms with Crippen molar-refractivity contribution in [3.63, 3.8) is 0 Å². The van der Waals surface area contributed by atoms with Crippen molar-refractivity contribution in [1.29, 1.82) is 0 Å². The van der Waals surface area contributed by atoms with Gasteiger partial charge in [-0.05, 0) is 37.1 Å². The van der Waals surface area contributed by atoms with E-state index in [2.05, 4.69) is 9.55 Å². The zero-order chi connectivity index (χ0) is 16.5. The van der Waals surface area contributed by atoms with E-state index >= 15 is 0 Å². The third-order valence-corrected chi connectivity index (χ3v) is 4.44. The molecule has 3 aromatic rings. The van der Waals surface area contributed by atoms with Gasteiger partial charge in [0, 0.05) is 13.1 Å². The third kappa shape index (κ3) is 2.38. The van der Waals surface area contributed by atoms with Crippen LogP contribution in [0.15, 0.2) is 54.9 Å². The van der Waals surface area contributed by atoms with Crippen molar-refractivity contribution < 1.29 is 9.59 Å². The number of hydrogen-bond donors (Lipinski definition) is 0. The number of rotatable bonds is 5. The Kier molecular flexibility index (Phi) is 3.61. The molecular weight excluding hydrogens is 302 g/mol. The molecule has 5 nitrogen and oxygen atoms in total. The van der Waals surface area contributed by atoms with Gasteiger partial charge in [0.1, 0.15) is 0 Å². The normalized spacial score (nSPS) is 13.8. The van der Waals surface area contributed by atoms with Crippen LogP contribution < -0.4 is 0 Å². The maximum Gasteiger partial charge on any atom is 0.261 e. The van der Waals surface area contributed by atoms with Gasteiger partial charge in [0.05, 0.1) is 28.5 Å². The molecule has 0 bridgehead atoms. The smallest absolute Gasteiger partial charge is 0.261 e. The Morgan fingerprint density at radius 2 is 1.42 bits per heavy atom. The van der Waals surface area contributed by atoms with Crippen LogP contribution in [0.2, 0.25) is 0 Å². The first-order valence-electron chi connectivity index (χ1n) is 8.11. The molecule has 0 radical (unpaired) electrons. The molecule has 0 saturated carbocycles. The summed E-state index contributed by atoms with van der Waals surface area (Å²) < 4.78 is 2.11. The van der Waals surface area contributed by atoms with E-state index in [1.807, 2.05) is 30.6 Å². The van der Waals surface area contributed by atoms with Crippen molar-refractivity contribution in [2.75, 3.05) is 6.54 Å². The minimum absolute atomic E-state index is 0.177. The molecule has 4 rings (SSSR count). The molecule has 0 aliphatic carbocycles. The summed E-state index contributed by atoms with van der Waals surface area (Å²) in [5.74, 6) is -0.354. The Bertz CT molecular complexity index is 894. The number of fused-ring (bicyclic) bond motifs is 2. The van der Waals surface area contributed by atoms with Gasteiger partial charge >= 0.3 is 0 Å². The number of imide groups is 1. The second-order valence-electron chi connectivity index (χ2n) is 5.94. The fourth-order valence-corrected chi connectivity index (χ4v) is 3.18. The summed E-state index contributed by atoms with van der Waals surface area (Å²) in [6.45, 7) is 1.28. The molecule has 0 spiro atoms. The van der Waals surface area contributed by atoms with Gasteiger partial charge in [0.2, 0.25) is 0 Å². The molecule has 120 valence electrons. The minimum atomic E-state index is -0.177. The number of unbranched alkanes of at least 4 members (excludes halogenated alkanes) is 1. The van der Waals surface area contributed by atoms with Crippen LogP contribution in [0, 0.1) is 0 Å². The van der Waals surface area contributed by atoms with Crippen LogP contribution in [-0.4, -0.2) is 32.8 Å². The van der Waals surface area contributed by atoms with E-state index in [4.69, 9.17) is 0 Å². The molecule has 0 fully saturated rings. The van der Waals surface area contributed by atoms with Crippen molar-refractivity contribution in [2.24, 2.45) is 0 Å². The number of para-hydroxylation sites is 2. The first-order valence-corrected chi connectivity index (χ1v) is 8.11. The van der Waals surface area contributed by atoms with Gasteiger partial charge in [-0.1, -0.05) is 24.3 Å². The number of hydrogen-bond acceptors (Lipinski definition) is 3. The van der Waals surface area contributed by atoms with Gasteiger partial charge in [-0.2, -0.15) is 0 Å². The van der Waals surface area contributed by atoms with Gasteiger partial charge in [-0.15, -0.1) is 0 Å². The molecule has 2 aromatic carbocycles. The summed E-state index contributed by atoms with van der Waals surface area (Å²) >= 11 is 0. The summed E-state index contributed by atoms with van der Waals surface area (Å²) in [7, 11) is 0. The van der Waals surface area contributed by atoms with E-state index in [1.165, 1.54) is 4.90 Å². The van der Waals surface area contributed by atoms with Crippen LogP contribution >= 0.6 is 0 Å². The predicted molar refractivity (Wildman–Crippen MR) is 90.8 cm³/mol. The summed E-state index contributed by atoms with van der Waals surface area (Å²) in [6, 6.07) is 15.0. The number of benzene rings is 2. The number of imidazole rings is 1. The lowest BCUT2D eigenvalue weighted by Gasteiger charge is -2.13. The highest BCUT2D eigenvalue weighted by molar-refractivity contribution is 6.21. The SMILES string of the molecule is O=C1c2ccccc2C(=O)N1CCCCn1cnc2ccccc21. The van der Waals surface area contributed by atoms with Crippen molar-refractivity contribution >= 4 is 22.8 Å².